The first kappa shape index (κ1) is 11.8. The van der Waals surface area contributed by atoms with Crippen molar-refractivity contribution in [1.29, 1.82) is 0 Å². The van der Waals surface area contributed by atoms with Gasteiger partial charge in [-0.15, -0.1) is 7.05 Å². The van der Waals surface area contributed by atoms with Crippen molar-refractivity contribution in [3.05, 3.63) is 18.8 Å². The summed E-state index contributed by atoms with van der Waals surface area (Å²) in [5.41, 5.74) is 3.09. The predicted molar refractivity (Wildman–Crippen MR) is 70.9 cm³/mol. The highest BCUT2D eigenvalue weighted by molar-refractivity contribution is 5.26. The van der Waals surface area contributed by atoms with Crippen LogP contribution in [0.3, 0.4) is 0 Å². The van der Waals surface area contributed by atoms with Crippen molar-refractivity contribution in [3.8, 4) is 0 Å². The van der Waals surface area contributed by atoms with Crippen LogP contribution in [-0.2, 0) is 0 Å². The van der Waals surface area contributed by atoms with E-state index in [-0.39, 0.29) is 0 Å². The molecular weight excluding hydrogens is 206 g/mol. The Morgan fingerprint density at radius 1 is 1.24 bits per heavy atom. The van der Waals surface area contributed by atoms with Gasteiger partial charge in [-0.05, 0) is 54.9 Å². The van der Waals surface area contributed by atoms with E-state index in [2.05, 4.69) is 39.2 Å². The molecule has 2 N–H and O–H groups in total. The summed E-state index contributed by atoms with van der Waals surface area (Å²) in [6, 6.07) is 0. The number of nitrogens with two attached hydrogens (primary N) is 1. The van der Waals surface area contributed by atoms with Gasteiger partial charge in [-0.25, -0.2) is 0 Å². The van der Waals surface area contributed by atoms with Crippen LogP contribution >= 0.6 is 0 Å². The van der Waals surface area contributed by atoms with Gasteiger partial charge in [0, 0.05) is 5.41 Å². The van der Waals surface area contributed by atoms with Crippen molar-refractivity contribution in [2.24, 2.45) is 22.2 Å². The standard InChI is InChI=1S/C16H27N/c1-14(2)10-13(17-4)16-8-5-7-15(3,11-16)9-6-12(14)16/h10,12H,4-9,11,17H2,1-3H3. The lowest BCUT2D eigenvalue weighted by atomic mass is 9.49. The highest BCUT2D eigenvalue weighted by Crippen LogP contribution is 2.67. The molecule has 2 fully saturated rings. The third-order valence-electron chi connectivity index (χ3n) is 6.07. The van der Waals surface area contributed by atoms with E-state index in [1.165, 1.54) is 38.5 Å². The molecule has 0 amide bonds. The van der Waals surface area contributed by atoms with E-state index in [0.717, 1.165) is 5.92 Å². The zero-order valence-electron chi connectivity index (χ0n) is 11.7. The first-order valence-electron chi connectivity index (χ1n) is 7.28. The van der Waals surface area contributed by atoms with Crippen molar-refractivity contribution < 1.29 is 5.32 Å². The normalized spacial score (nSPS) is 47.5. The molecule has 2 saturated carbocycles. The zero-order valence-corrected chi connectivity index (χ0v) is 11.7. The Bertz CT molecular complexity index is 368. The summed E-state index contributed by atoms with van der Waals surface area (Å²) in [5.74, 6) is 0.872. The van der Waals surface area contributed by atoms with E-state index in [0.29, 0.717) is 16.2 Å². The van der Waals surface area contributed by atoms with E-state index in [1.807, 2.05) is 0 Å². The molecule has 1 heteroatoms. The average molecular weight is 233 g/mol. The summed E-state index contributed by atoms with van der Waals surface area (Å²) in [7, 11) is 4.10. The van der Waals surface area contributed by atoms with E-state index in [4.69, 9.17) is 0 Å². The monoisotopic (exact) mass is 233 g/mol. The molecule has 96 valence electrons. The van der Waals surface area contributed by atoms with E-state index < -0.39 is 0 Å². The Balaban J connectivity index is 2.05. The topological polar surface area (TPSA) is 16.6 Å². The van der Waals surface area contributed by atoms with E-state index >= 15 is 0 Å². The minimum atomic E-state index is 0.391. The first-order valence-corrected chi connectivity index (χ1v) is 7.28. The first-order chi connectivity index (χ1) is 7.92. The number of allylic oxidation sites excluding steroid dienone is 2. The lowest BCUT2D eigenvalue weighted by Gasteiger charge is -2.55. The van der Waals surface area contributed by atoms with Gasteiger partial charge in [0.05, 0.1) is 5.70 Å². The van der Waals surface area contributed by atoms with Crippen LogP contribution in [0.15, 0.2) is 11.8 Å². The molecule has 17 heavy (non-hydrogen) atoms. The maximum atomic E-state index is 4.10. The summed E-state index contributed by atoms with van der Waals surface area (Å²) in [4.78, 5) is 0. The largest absolute Gasteiger partial charge is 0.449 e. The minimum Gasteiger partial charge on any atom is -0.449 e. The van der Waals surface area contributed by atoms with Crippen molar-refractivity contribution in [1.82, 2.24) is 0 Å². The third kappa shape index (κ3) is 1.47. The van der Waals surface area contributed by atoms with Gasteiger partial charge in [-0.3, -0.25) is 0 Å². The Labute approximate surface area is 106 Å². The Morgan fingerprint density at radius 3 is 2.71 bits per heavy atom. The minimum absolute atomic E-state index is 0.391. The molecular formula is C16H27N. The molecule has 3 aliphatic rings. The van der Waals surface area contributed by atoms with Gasteiger partial charge in [0.1, 0.15) is 0 Å². The van der Waals surface area contributed by atoms with Crippen LogP contribution in [0.2, 0.25) is 0 Å². The van der Waals surface area contributed by atoms with Gasteiger partial charge < -0.3 is 5.32 Å². The molecule has 0 aliphatic heterocycles. The molecule has 3 unspecified atom stereocenters. The number of hydrogen-bond donors (Lipinski definition) is 1. The molecule has 2 bridgehead atoms. The van der Waals surface area contributed by atoms with Crippen LogP contribution in [0.4, 0.5) is 0 Å². The Morgan fingerprint density at radius 2 is 2.00 bits per heavy atom. The molecule has 0 aromatic heterocycles. The summed E-state index contributed by atoms with van der Waals surface area (Å²) >= 11 is 0. The molecule has 0 aromatic rings. The van der Waals surface area contributed by atoms with Gasteiger partial charge in [-0.2, -0.15) is 0 Å². The molecule has 1 nitrogen and oxygen atoms in total. The molecule has 3 rings (SSSR count). The molecule has 3 aliphatic carbocycles. The Hall–Kier alpha value is -0.300. The number of fused-ring (bicyclic) bond motifs is 1. The Kier molecular flexibility index (Phi) is 2.34. The highest BCUT2D eigenvalue weighted by Gasteiger charge is 2.60. The fourth-order valence-electron chi connectivity index (χ4n) is 5.49. The zero-order chi connectivity index (χ0) is 12.3. The fraction of sp³-hybridized carbons (Fsp3) is 0.812. The number of quaternary nitrogens is 1. The van der Waals surface area contributed by atoms with Crippen LogP contribution in [0.1, 0.15) is 59.3 Å². The van der Waals surface area contributed by atoms with Crippen LogP contribution in [0, 0.1) is 29.2 Å². The molecule has 0 aromatic carbocycles. The van der Waals surface area contributed by atoms with Gasteiger partial charge in [0.25, 0.3) is 0 Å². The van der Waals surface area contributed by atoms with E-state index in [1.54, 1.807) is 5.70 Å². The second-order valence-electron chi connectivity index (χ2n) is 7.71. The quantitative estimate of drug-likeness (QED) is 0.670. The van der Waals surface area contributed by atoms with Crippen molar-refractivity contribution in [2.75, 3.05) is 0 Å². The second-order valence-corrected chi connectivity index (χ2v) is 7.71. The van der Waals surface area contributed by atoms with Crippen LogP contribution in [0.5, 0.6) is 0 Å². The van der Waals surface area contributed by atoms with Crippen LogP contribution in [-0.4, -0.2) is 0 Å². The predicted octanol–water partition coefficient (Wildman–Crippen LogP) is 3.24. The summed E-state index contributed by atoms with van der Waals surface area (Å²) < 4.78 is 0. The van der Waals surface area contributed by atoms with Gasteiger partial charge in [-0.1, -0.05) is 27.2 Å². The molecule has 0 saturated heterocycles. The number of hydrogen-bond acceptors (Lipinski definition) is 0. The summed E-state index contributed by atoms with van der Waals surface area (Å²) in [6.07, 6.45) is 11.1. The van der Waals surface area contributed by atoms with Crippen LogP contribution in [0.25, 0.3) is 0 Å². The second kappa shape index (κ2) is 3.38. The van der Waals surface area contributed by atoms with Crippen molar-refractivity contribution in [2.45, 2.75) is 59.3 Å². The van der Waals surface area contributed by atoms with E-state index in [9.17, 15) is 0 Å². The lowest BCUT2D eigenvalue weighted by molar-refractivity contribution is -0.558. The average Bonchev–Trinajstić information content (AvgIpc) is 2.44. The lowest BCUT2D eigenvalue weighted by Crippen LogP contribution is -2.78. The SMILES string of the molecule is [CH2-][NH2+]C1=CC(C)(C)C2CCC3(C)CCCC12C3. The fourth-order valence-corrected chi connectivity index (χ4v) is 5.49. The van der Waals surface area contributed by atoms with Crippen molar-refractivity contribution in [3.63, 3.8) is 0 Å². The smallest absolute Gasteiger partial charge is 0.0824 e. The third-order valence-corrected chi connectivity index (χ3v) is 6.07. The van der Waals surface area contributed by atoms with Crippen LogP contribution < -0.4 is 5.32 Å². The van der Waals surface area contributed by atoms with Gasteiger partial charge in [0.2, 0.25) is 0 Å². The molecule has 0 heterocycles. The maximum absolute atomic E-state index is 4.10. The van der Waals surface area contributed by atoms with Gasteiger partial charge >= 0.3 is 0 Å². The molecule has 1 spiro atoms. The highest BCUT2D eigenvalue weighted by atomic mass is 14.9. The molecule has 0 radical (unpaired) electrons. The molecule has 3 atom stereocenters. The summed E-state index contributed by atoms with van der Waals surface area (Å²) in [5, 5.41) is 2.17. The maximum Gasteiger partial charge on any atom is 0.0824 e. The number of rotatable bonds is 1. The summed E-state index contributed by atoms with van der Waals surface area (Å²) in [6.45, 7) is 7.40. The van der Waals surface area contributed by atoms with Gasteiger partial charge in [0.15, 0.2) is 0 Å². The van der Waals surface area contributed by atoms with Crippen molar-refractivity contribution >= 4 is 0 Å².